The second kappa shape index (κ2) is 10.4. The van der Waals surface area contributed by atoms with Gasteiger partial charge >= 0.3 is 5.97 Å². The third-order valence-electron chi connectivity index (χ3n) is 6.11. The minimum atomic E-state index is -0.751. The van der Waals surface area contributed by atoms with Crippen molar-refractivity contribution in [1.82, 2.24) is 4.90 Å². The lowest BCUT2D eigenvalue weighted by atomic mass is 9.84. The van der Waals surface area contributed by atoms with Crippen LogP contribution < -0.4 is 0 Å². The van der Waals surface area contributed by atoms with Gasteiger partial charge in [0.15, 0.2) is 0 Å². The number of ether oxygens (including phenoxy) is 1. The average molecular weight is 434 g/mol. The van der Waals surface area contributed by atoms with Gasteiger partial charge in [-0.15, -0.1) is 0 Å². The van der Waals surface area contributed by atoms with Crippen LogP contribution >= 0.6 is 0 Å². The number of esters is 1. The summed E-state index contributed by atoms with van der Waals surface area (Å²) in [5, 5.41) is 0. The van der Waals surface area contributed by atoms with Gasteiger partial charge in [-0.05, 0) is 36.5 Å². The first-order chi connectivity index (χ1) is 15.3. The van der Waals surface area contributed by atoms with Crippen molar-refractivity contribution in [2.45, 2.75) is 52.2 Å². The van der Waals surface area contributed by atoms with Gasteiger partial charge < -0.3 is 9.64 Å². The Hall–Kier alpha value is -3.21. The van der Waals surface area contributed by atoms with Crippen molar-refractivity contribution < 1.29 is 19.1 Å². The summed E-state index contributed by atoms with van der Waals surface area (Å²) in [6.07, 6.45) is 4.88. The molecule has 0 saturated carbocycles. The summed E-state index contributed by atoms with van der Waals surface area (Å²) < 4.78 is 5.88. The molecule has 2 atom stereocenters. The molecule has 1 heterocycles. The van der Waals surface area contributed by atoms with Crippen LogP contribution in [0.1, 0.15) is 57.3 Å². The molecule has 1 amide bonds. The molecule has 32 heavy (non-hydrogen) atoms. The summed E-state index contributed by atoms with van der Waals surface area (Å²) in [7, 11) is 0. The van der Waals surface area contributed by atoms with Crippen molar-refractivity contribution in [3.63, 3.8) is 0 Å². The fraction of sp³-hybridized carbons (Fsp3) is 0.370. The Balaban J connectivity index is 1.78. The number of benzene rings is 2. The van der Waals surface area contributed by atoms with E-state index >= 15 is 0 Å². The van der Waals surface area contributed by atoms with E-state index in [-0.39, 0.29) is 0 Å². The molecule has 1 fully saturated rings. The third-order valence-corrected chi connectivity index (χ3v) is 6.11. The van der Waals surface area contributed by atoms with E-state index in [1.54, 1.807) is 13.8 Å². The standard InChI is InChI=1S/C27H31NO4/c1-4-27(2,3)24(29)25(30)28-19-11-16-22(28)26(31)32-23(21-14-9-6-10-15-21)18-17-20-12-7-5-8-13-20/h5-10,12-15,17-18,22-23H,4,11,16,19H2,1-3H3/t22-,23+/m0/s1. The second-order valence-electron chi connectivity index (χ2n) is 8.76. The van der Waals surface area contributed by atoms with Crippen LogP contribution in [0.5, 0.6) is 0 Å². The Labute approximate surface area is 190 Å². The Kier molecular flexibility index (Phi) is 7.62. The Bertz CT molecular complexity index is 966. The Morgan fingerprint density at radius 3 is 2.31 bits per heavy atom. The molecule has 0 bridgehead atoms. The number of Topliss-reactive ketones (excluding diaryl/α,β-unsaturated/α-hetero) is 1. The van der Waals surface area contributed by atoms with Gasteiger partial charge in [-0.3, -0.25) is 9.59 Å². The van der Waals surface area contributed by atoms with Gasteiger partial charge in [0.25, 0.3) is 5.91 Å². The number of carbonyl (C=O) groups is 3. The smallest absolute Gasteiger partial charge is 0.329 e. The Morgan fingerprint density at radius 2 is 1.69 bits per heavy atom. The quantitative estimate of drug-likeness (QED) is 0.435. The van der Waals surface area contributed by atoms with E-state index in [1.165, 1.54) is 4.90 Å². The van der Waals surface area contributed by atoms with Gasteiger partial charge in [-0.25, -0.2) is 4.79 Å². The summed E-state index contributed by atoms with van der Waals surface area (Å²) in [5.74, 6) is -1.53. The summed E-state index contributed by atoms with van der Waals surface area (Å²) in [6, 6.07) is 18.5. The van der Waals surface area contributed by atoms with Crippen LogP contribution in [-0.2, 0) is 19.1 Å². The van der Waals surface area contributed by atoms with E-state index in [0.717, 1.165) is 11.1 Å². The van der Waals surface area contributed by atoms with Crippen molar-refractivity contribution in [2.75, 3.05) is 6.54 Å². The summed E-state index contributed by atoms with van der Waals surface area (Å²) in [6.45, 7) is 5.79. The van der Waals surface area contributed by atoms with Crippen LogP contribution in [-0.4, -0.2) is 35.1 Å². The van der Waals surface area contributed by atoms with Gasteiger partial charge in [-0.2, -0.15) is 0 Å². The fourth-order valence-corrected chi connectivity index (χ4v) is 3.66. The van der Waals surface area contributed by atoms with Crippen molar-refractivity contribution in [3.05, 3.63) is 77.9 Å². The molecule has 5 heteroatoms. The van der Waals surface area contributed by atoms with E-state index in [2.05, 4.69) is 0 Å². The third kappa shape index (κ3) is 5.52. The maximum absolute atomic E-state index is 13.1. The van der Waals surface area contributed by atoms with Gasteiger partial charge in [-0.1, -0.05) is 87.5 Å². The number of carbonyl (C=O) groups excluding carboxylic acids is 3. The van der Waals surface area contributed by atoms with Crippen LogP contribution in [0.15, 0.2) is 66.7 Å². The highest BCUT2D eigenvalue weighted by Crippen LogP contribution is 2.28. The van der Waals surface area contributed by atoms with Crippen LogP contribution in [0.3, 0.4) is 0 Å². The number of amides is 1. The first-order valence-corrected chi connectivity index (χ1v) is 11.2. The first-order valence-electron chi connectivity index (χ1n) is 11.2. The van der Waals surface area contributed by atoms with Gasteiger partial charge in [0.05, 0.1) is 0 Å². The Morgan fingerprint density at radius 1 is 1.06 bits per heavy atom. The number of likely N-dealkylation sites (tertiary alicyclic amines) is 1. The molecule has 168 valence electrons. The highest BCUT2D eigenvalue weighted by molar-refractivity contribution is 6.38. The van der Waals surface area contributed by atoms with Gasteiger partial charge in [0.1, 0.15) is 12.1 Å². The van der Waals surface area contributed by atoms with Gasteiger partial charge in [0.2, 0.25) is 5.78 Å². The van der Waals surface area contributed by atoms with E-state index in [9.17, 15) is 14.4 Å². The monoisotopic (exact) mass is 433 g/mol. The molecule has 0 aromatic heterocycles. The summed E-state index contributed by atoms with van der Waals surface area (Å²) >= 11 is 0. The van der Waals surface area contributed by atoms with Crippen molar-refractivity contribution in [2.24, 2.45) is 5.41 Å². The van der Waals surface area contributed by atoms with Crippen molar-refractivity contribution in [3.8, 4) is 0 Å². The highest BCUT2D eigenvalue weighted by Gasteiger charge is 2.42. The minimum Gasteiger partial charge on any atom is -0.452 e. The molecule has 0 N–H and O–H groups in total. The zero-order chi connectivity index (χ0) is 23.1. The summed E-state index contributed by atoms with van der Waals surface area (Å²) in [4.78, 5) is 40.1. The van der Waals surface area contributed by atoms with Crippen molar-refractivity contribution in [1.29, 1.82) is 0 Å². The number of hydrogen-bond acceptors (Lipinski definition) is 4. The lowest BCUT2D eigenvalue weighted by Gasteiger charge is -2.28. The summed E-state index contributed by atoms with van der Waals surface area (Å²) in [5.41, 5.74) is 1.08. The first kappa shape index (κ1) is 23.5. The number of hydrogen-bond donors (Lipinski definition) is 0. The molecule has 2 aromatic carbocycles. The minimum absolute atomic E-state index is 0.389. The maximum atomic E-state index is 13.1. The van der Waals surface area contributed by atoms with E-state index in [4.69, 9.17) is 4.74 Å². The molecule has 0 unspecified atom stereocenters. The molecule has 1 aliphatic heterocycles. The zero-order valence-corrected chi connectivity index (χ0v) is 19.0. The molecule has 5 nitrogen and oxygen atoms in total. The lowest BCUT2D eigenvalue weighted by Crippen LogP contribution is -2.48. The average Bonchev–Trinajstić information content (AvgIpc) is 3.32. The molecule has 2 aromatic rings. The molecule has 0 spiro atoms. The number of ketones is 1. The van der Waals surface area contributed by atoms with Gasteiger partial charge in [0, 0.05) is 12.0 Å². The largest absolute Gasteiger partial charge is 0.452 e. The molecule has 3 rings (SSSR count). The normalized spacial score (nSPS) is 17.3. The fourth-order valence-electron chi connectivity index (χ4n) is 3.66. The number of nitrogens with zero attached hydrogens (tertiary/aromatic N) is 1. The SMILES string of the molecule is CCC(C)(C)C(=O)C(=O)N1CCC[C@H]1C(=O)O[C@H](C=Cc1ccccc1)c1ccccc1. The molecular formula is C27H31NO4. The van der Waals surface area contributed by atoms with Crippen LogP contribution in [0.25, 0.3) is 6.08 Å². The molecule has 0 aliphatic carbocycles. The topological polar surface area (TPSA) is 63.7 Å². The molecule has 1 aliphatic rings. The predicted molar refractivity (Wildman–Crippen MR) is 125 cm³/mol. The van der Waals surface area contributed by atoms with Crippen LogP contribution in [0.2, 0.25) is 0 Å². The van der Waals surface area contributed by atoms with Crippen LogP contribution in [0, 0.1) is 5.41 Å². The lowest BCUT2D eigenvalue weighted by molar-refractivity contribution is -0.159. The van der Waals surface area contributed by atoms with E-state index in [0.29, 0.717) is 25.8 Å². The van der Waals surface area contributed by atoms with Crippen LogP contribution in [0.4, 0.5) is 0 Å². The van der Waals surface area contributed by atoms with Crippen molar-refractivity contribution >= 4 is 23.7 Å². The second-order valence-corrected chi connectivity index (χ2v) is 8.76. The van der Waals surface area contributed by atoms with E-state index in [1.807, 2.05) is 79.7 Å². The highest BCUT2D eigenvalue weighted by atomic mass is 16.5. The van der Waals surface area contributed by atoms with E-state index < -0.39 is 35.2 Å². The number of rotatable bonds is 8. The predicted octanol–water partition coefficient (Wildman–Crippen LogP) is 4.98. The zero-order valence-electron chi connectivity index (χ0n) is 19.0. The molecular weight excluding hydrogens is 402 g/mol. The molecule has 1 saturated heterocycles. The maximum Gasteiger partial charge on any atom is 0.329 e. The molecule has 0 radical (unpaired) electrons.